The van der Waals surface area contributed by atoms with Gasteiger partial charge in [-0.1, -0.05) is 0 Å². The van der Waals surface area contributed by atoms with Gasteiger partial charge in [0.25, 0.3) is 5.91 Å². The van der Waals surface area contributed by atoms with Crippen molar-refractivity contribution in [2.75, 3.05) is 19.7 Å². The molecule has 0 bridgehead atoms. The van der Waals surface area contributed by atoms with Crippen LogP contribution in [0.15, 0.2) is 31.0 Å². The summed E-state index contributed by atoms with van der Waals surface area (Å²) in [5, 5.41) is 4.18. The highest BCUT2D eigenvalue weighted by Crippen LogP contribution is 2.11. The molecule has 1 saturated heterocycles. The SMILES string of the molecule is O=C(c1cnc[nH]1)N1CCCO[C@@H](Cn2cccn2)C1. The van der Waals surface area contributed by atoms with Crippen molar-refractivity contribution < 1.29 is 9.53 Å². The number of amides is 1. The summed E-state index contributed by atoms with van der Waals surface area (Å²) in [6, 6.07) is 1.88. The number of rotatable bonds is 3. The molecule has 106 valence electrons. The van der Waals surface area contributed by atoms with E-state index in [-0.39, 0.29) is 12.0 Å². The molecule has 3 heterocycles. The van der Waals surface area contributed by atoms with Crippen LogP contribution < -0.4 is 0 Å². The third kappa shape index (κ3) is 2.88. The lowest BCUT2D eigenvalue weighted by atomic mass is 10.3. The normalized spacial score (nSPS) is 19.8. The maximum Gasteiger partial charge on any atom is 0.272 e. The van der Waals surface area contributed by atoms with Gasteiger partial charge in [0.05, 0.1) is 25.2 Å². The Balaban J connectivity index is 1.67. The van der Waals surface area contributed by atoms with Crippen LogP contribution >= 0.6 is 0 Å². The molecule has 20 heavy (non-hydrogen) atoms. The lowest BCUT2D eigenvalue weighted by Gasteiger charge is -2.23. The molecular formula is C13H17N5O2. The van der Waals surface area contributed by atoms with Crippen LogP contribution in [0.2, 0.25) is 0 Å². The molecule has 0 unspecified atom stereocenters. The van der Waals surface area contributed by atoms with Gasteiger partial charge in [0, 0.05) is 32.1 Å². The minimum Gasteiger partial charge on any atom is -0.374 e. The van der Waals surface area contributed by atoms with Crippen LogP contribution in [0.3, 0.4) is 0 Å². The average Bonchev–Trinajstić information content (AvgIpc) is 3.10. The number of hydrogen-bond acceptors (Lipinski definition) is 4. The van der Waals surface area contributed by atoms with Crippen molar-refractivity contribution in [2.24, 2.45) is 0 Å². The van der Waals surface area contributed by atoms with Gasteiger partial charge in [-0.05, 0) is 12.5 Å². The van der Waals surface area contributed by atoms with Crippen LogP contribution in [-0.2, 0) is 11.3 Å². The Labute approximate surface area is 116 Å². The molecule has 0 saturated carbocycles. The highest BCUT2D eigenvalue weighted by molar-refractivity contribution is 5.92. The van der Waals surface area contributed by atoms with Gasteiger partial charge < -0.3 is 14.6 Å². The van der Waals surface area contributed by atoms with Crippen LogP contribution in [0.5, 0.6) is 0 Å². The van der Waals surface area contributed by atoms with Gasteiger partial charge in [-0.3, -0.25) is 9.48 Å². The molecule has 1 aliphatic rings. The zero-order valence-corrected chi connectivity index (χ0v) is 11.1. The number of carbonyl (C=O) groups is 1. The summed E-state index contributed by atoms with van der Waals surface area (Å²) >= 11 is 0. The fraction of sp³-hybridized carbons (Fsp3) is 0.462. The Hall–Kier alpha value is -2.15. The highest BCUT2D eigenvalue weighted by atomic mass is 16.5. The van der Waals surface area contributed by atoms with E-state index in [1.807, 2.05) is 21.8 Å². The fourth-order valence-corrected chi connectivity index (χ4v) is 2.35. The quantitative estimate of drug-likeness (QED) is 0.887. The molecule has 1 amide bonds. The molecular weight excluding hydrogens is 258 g/mol. The third-order valence-electron chi connectivity index (χ3n) is 3.32. The van der Waals surface area contributed by atoms with Crippen molar-refractivity contribution in [2.45, 2.75) is 19.1 Å². The van der Waals surface area contributed by atoms with E-state index in [1.165, 1.54) is 6.33 Å². The minimum absolute atomic E-state index is 0.0292. The summed E-state index contributed by atoms with van der Waals surface area (Å²) in [5.74, 6) is -0.0292. The average molecular weight is 275 g/mol. The fourth-order valence-electron chi connectivity index (χ4n) is 2.35. The van der Waals surface area contributed by atoms with Crippen LogP contribution in [0.4, 0.5) is 0 Å². The predicted molar refractivity (Wildman–Crippen MR) is 71.1 cm³/mol. The Morgan fingerprint density at radius 1 is 1.55 bits per heavy atom. The summed E-state index contributed by atoms with van der Waals surface area (Å²) in [5.41, 5.74) is 0.518. The minimum atomic E-state index is -0.0377. The molecule has 1 atom stereocenters. The van der Waals surface area contributed by atoms with E-state index in [1.54, 1.807) is 12.4 Å². The van der Waals surface area contributed by atoms with Gasteiger partial charge in [0.2, 0.25) is 0 Å². The summed E-state index contributed by atoms with van der Waals surface area (Å²) < 4.78 is 7.62. The van der Waals surface area contributed by atoms with E-state index < -0.39 is 0 Å². The molecule has 3 rings (SSSR count). The summed E-state index contributed by atoms with van der Waals surface area (Å²) in [7, 11) is 0. The molecule has 0 radical (unpaired) electrons. The Kier molecular flexibility index (Phi) is 3.78. The first-order valence-electron chi connectivity index (χ1n) is 6.69. The number of H-pyrrole nitrogens is 1. The van der Waals surface area contributed by atoms with E-state index in [2.05, 4.69) is 15.1 Å². The number of nitrogens with one attached hydrogen (secondary N) is 1. The second-order valence-corrected chi connectivity index (χ2v) is 4.79. The standard InChI is InChI=1S/C13H17N5O2/c19-13(12-7-14-10-15-12)17-4-2-6-20-11(8-17)9-18-5-1-3-16-18/h1,3,5,7,10-11H,2,4,6,8-9H2,(H,14,15)/t11-/m1/s1. The van der Waals surface area contributed by atoms with Gasteiger partial charge in [-0.25, -0.2) is 4.98 Å². The summed E-state index contributed by atoms with van der Waals surface area (Å²) in [6.45, 7) is 2.59. The molecule has 7 heteroatoms. The van der Waals surface area contributed by atoms with Crippen molar-refractivity contribution in [3.8, 4) is 0 Å². The Morgan fingerprint density at radius 3 is 3.25 bits per heavy atom. The number of carbonyl (C=O) groups excluding carboxylic acids is 1. The molecule has 1 aliphatic heterocycles. The smallest absolute Gasteiger partial charge is 0.272 e. The second kappa shape index (κ2) is 5.87. The monoisotopic (exact) mass is 275 g/mol. The maximum atomic E-state index is 12.3. The van der Waals surface area contributed by atoms with Crippen molar-refractivity contribution in [1.29, 1.82) is 0 Å². The first kappa shape index (κ1) is 12.9. The van der Waals surface area contributed by atoms with Crippen LogP contribution in [-0.4, -0.2) is 56.4 Å². The van der Waals surface area contributed by atoms with E-state index in [0.717, 1.165) is 6.42 Å². The molecule has 2 aromatic rings. The molecule has 2 aromatic heterocycles. The number of ether oxygens (including phenoxy) is 1. The maximum absolute atomic E-state index is 12.3. The van der Waals surface area contributed by atoms with Crippen molar-refractivity contribution in [3.63, 3.8) is 0 Å². The molecule has 7 nitrogen and oxygen atoms in total. The predicted octanol–water partition coefficient (Wildman–Crippen LogP) is 0.537. The van der Waals surface area contributed by atoms with Crippen LogP contribution in [0.25, 0.3) is 0 Å². The summed E-state index contributed by atoms with van der Waals surface area (Å²) in [6.07, 6.45) is 7.51. The third-order valence-corrected chi connectivity index (χ3v) is 3.32. The van der Waals surface area contributed by atoms with Gasteiger partial charge in [0.15, 0.2) is 0 Å². The molecule has 0 spiro atoms. The first-order chi connectivity index (χ1) is 9.83. The van der Waals surface area contributed by atoms with E-state index in [4.69, 9.17) is 4.74 Å². The topological polar surface area (TPSA) is 76.0 Å². The van der Waals surface area contributed by atoms with E-state index in [0.29, 0.717) is 31.9 Å². The number of hydrogen-bond donors (Lipinski definition) is 1. The molecule has 0 aliphatic carbocycles. The van der Waals surface area contributed by atoms with Gasteiger partial charge in [-0.2, -0.15) is 5.10 Å². The highest BCUT2D eigenvalue weighted by Gasteiger charge is 2.24. The van der Waals surface area contributed by atoms with Crippen molar-refractivity contribution in [3.05, 3.63) is 36.7 Å². The lowest BCUT2D eigenvalue weighted by Crippen LogP contribution is -2.38. The Bertz CT molecular complexity index is 537. The Morgan fingerprint density at radius 2 is 2.50 bits per heavy atom. The molecule has 0 aromatic carbocycles. The van der Waals surface area contributed by atoms with E-state index >= 15 is 0 Å². The molecule has 1 fully saturated rings. The molecule has 1 N–H and O–H groups in total. The van der Waals surface area contributed by atoms with Gasteiger partial charge in [0.1, 0.15) is 5.69 Å². The first-order valence-corrected chi connectivity index (χ1v) is 6.69. The van der Waals surface area contributed by atoms with Crippen LogP contribution in [0, 0.1) is 0 Å². The largest absolute Gasteiger partial charge is 0.374 e. The van der Waals surface area contributed by atoms with Gasteiger partial charge in [-0.15, -0.1) is 0 Å². The number of nitrogens with zero attached hydrogens (tertiary/aromatic N) is 4. The lowest BCUT2D eigenvalue weighted by molar-refractivity contribution is 0.0366. The van der Waals surface area contributed by atoms with Crippen LogP contribution in [0.1, 0.15) is 16.9 Å². The number of imidazole rings is 1. The van der Waals surface area contributed by atoms with Crippen molar-refractivity contribution >= 4 is 5.91 Å². The zero-order chi connectivity index (χ0) is 13.8. The van der Waals surface area contributed by atoms with Gasteiger partial charge >= 0.3 is 0 Å². The zero-order valence-electron chi connectivity index (χ0n) is 11.1. The number of aromatic amines is 1. The van der Waals surface area contributed by atoms with Crippen molar-refractivity contribution in [1.82, 2.24) is 24.6 Å². The van der Waals surface area contributed by atoms with E-state index in [9.17, 15) is 4.79 Å². The summed E-state index contributed by atoms with van der Waals surface area (Å²) in [4.78, 5) is 20.9. The number of aromatic nitrogens is 4. The second-order valence-electron chi connectivity index (χ2n) is 4.79.